The van der Waals surface area contributed by atoms with Gasteiger partial charge < -0.3 is 15.0 Å². The minimum Gasteiger partial charge on any atom is -0.469 e. The first-order valence-corrected chi connectivity index (χ1v) is 7.24. The third-order valence-corrected chi connectivity index (χ3v) is 3.96. The Hall–Kier alpha value is -1.62. The van der Waals surface area contributed by atoms with Crippen molar-refractivity contribution in [1.29, 1.82) is 0 Å². The molecule has 2 rings (SSSR count). The van der Waals surface area contributed by atoms with Gasteiger partial charge in [0.05, 0.1) is 13.0 Å². The summed E-state index contributed by atoms with van der Waals surface area (Å²) in [7, 11) is 1.44. The van der Waals surface area contributed by atoms with Crippen molar-refractivity contribution in [2.24, 2.45) is 0 Å². The van der Waals surface area contributed by atoms with E-state index in [1.54, 1.807) is 0 Å². The van der Waals surface area contributed by atoms with Crippen LogP contribution in [0.25, 0.3) is 0 Å². The van der Waals surface area contributed by atoms with Crippen molar-refractivity contribution in [2.45, 2.75) is 32.2 Å². The molecule has 5 heteroatoms. The highest BCUT2D eigenvalue weighted by atomic mass is 32.1. The molecule has 2 unspecified atom stereocenters. The summed E-state index contributed by atoms with van der Waals surface area (Å²) >= 11 is 5.46. The number of methoxy groups -OCH3 is 1. The molecule has 0 spiro atoms. The van der Waals surface area contributed by atoms with Gasteiger partial charge in [0.2, 0.25) is 0 Å². The second-order valence-corrected chi connectivity index (χ2v) is 5.31. The van der Waals surface area contributed by atoms with E-state index in [1.807, 2.05) is 31.2 Å². The minimum atomic E-state index is -0.216. The van der Waals surface area contributed by atoms with E-state index in [4.69, 9.17) is 17.0 Å². The standard InChI is InChI=1S/C15H20N2O2S/c1-4-16-15(20)17-10(2)9-12(14(18)19-3)11-7-5-6-8-13(11)17/h5-8,10,12H,4,9H2,1-3H3,(H,16,20). The molecule has 1 aliphatic rings. The van der Waals surface area contributed by atoms with Crippen molar-refractivity contribution in [3.05, 3.63) is 29.8 Å². The van der Waals surface area contributed by atoms with Gasteiger partial charge in [0.15, 0.2) is 5.11 Å². The van der Waals surface area contributed by atoms with Gasteiger partial charge in [-0.25, -0.2) is 0 Å². The number of nitrogens with one attached hydrogen (secondary N) is 1. The van der Waals surface area contributed by atoms with E-state index in [0.717, 1.165) is 17.8 Å². The van der Waals surface area contributed by atoms with Crippen LogP contribution in [0.15, 0.2) is 24.3 Å². The summed E-state index contributed by atoms with van der Waals surface area (Å²) in [5.41, 5.74) is 1.98. The highest BCUT2D eigenvalue weighted by Crippen LogP contribution is 2.38. The molecule has 20 heavy (non-hydrogen) atoms. The maximum atomic E-state index is 12.0. The second-order valence-electron chi connectivity index (χ2n) is 4.92. The molecule has 4 nitrogen and oxygen atoms in total. The van der Waals surface area contributed by atoms with Crippen LogP contribution in [0.2, 0.25) is 0 Å². The summed E-state index contributed by atoms with van der Waals surface area (Å²) < 4.78 is 4.93. The Balaban J connectivity index is 2.43. The van der Waals surface area contributed by atoms with Crippen molar-refractivity contribution in [2.75, 3.05) is 18.6 Å². The Labute approximate surface area is 125 Å². The van der Waals surface area contributed by atoms with Crippen LogP contribution in [0.3, 0.4) is 0 Å². The van der Waals surface area contributed by atoms with Gasteiger partial charge in [0, 0.05) is 18.3 Å². The molecule has 108 valence electrons. The monoisotopic (exact) mass is 292 g/mol. The minimum absolute atomic E-state index is 0.153. The molecule has 0 bridgehead atoms. The Kier molecular flexibility index (Phi) is 4.60. The zero-order chi connectivity index (χ0) is 14.7. The number of hydrogen-bond donors (Lipinski definition) is 1. The van der Waals surface area contributed by atoms with Crippen LogP contribution in [0.4, 0.5) is 5.69 Å². The first-order chi connectivity index (χ1) is 9.60. The molecule has 1 N–H and O–H groups in total. The number of anilines is 1. The molecular weight excluding hydrogens is 272 g/mol. The lowest BCUT2D eigenvalue weighted by atomic mass is 9.86. The van der Waals surface area contributed by atoms with Crippen molar-refractivity contribution >= 4 is 29.0 Å². The van der Waals surface area contributed by atoms with Gasteiger partial charge in [-0.15, -0.1) is 0 Å². The quantitative estimate of drug-likeness (QED) is 0.670. The molecule has 0 fully saturated rings. The number of para-hydroxylation sites is 1. The summed E-state index contributed by atoms with van der Waals surface area (Å²) in [4.78, 5) is 14.1. The summed E-state index contributed by atoms with van der Waals surface area (Å²) in [5.74, 6) is -0.398. The predicted octanol–water partition coefficient (Wildman–Crippen LogP) is 2.44. The van der Waals surface area contributed by atoms with Crippen LogP contribution in [0.1, 0.15) is 31.7 Å². The normalized spacial score (nSPS) is 21.1. The molecule has 0 aromatic heterocycles. The molecular formula is C15H20N2O2S. The van der Waals surface area contributed by atoms with Gasteiger partial charge in [-0.05, 0) is 44.1 Å². The number of rotatable bonds is 2. The van der Waals surface area contributed by atoms with Gasteiger partial charge in [-0.3, -0.25) is 4.79 Å². The van der Waals surface area contributed by atoms with Crippen LogP contribution in [-0.2, 0) is 9.53 Å². The number of nitrogens with zero attached hydrogens (tertiary/aromatic N) is 1. The zero-order valence-electron chi connectivity index (χ0n) is 12.1. The van der Waals surface area contributed by atoms with Crippen molar-refractivity contribution in [1.82, 2.24) is 5.32 Å². The fraction of sp³-hybridized carbons (Fsp3) is 0.467. The Morgan fingerprint density at radius 1 is 1.50 bits per heavy atom. The summed E-state index contributed by atoms with van der Waals surface area (Å²) in [5, 5.41) is 3.89. The smallest absolute Gasteiger partial charge is 0.313 e. The van der Waals surface area contributed by atoms with Gasteiger partial charge in [-0.2, -0.15) is 0 Å². The predicted molar refractivity (Wildman–Crippen MR) is 84.0 cm³/mol. The van der Waals surface area contributed by atoms with Crippen LogP contribution >= 0.6 is 12.2 Å². The van der Waals surface area contributed by atoms with Gasteiger partial charge in [0.25, 0.3) is 0 Å². The fourth-order valence-electron chi connectivity index (χ4n) is 2.72. The highest BCUT2D eigenvalue weighted by Gasteiger charge is 2.36. The number of benzene rings is 1. The number of hydrogen-bond acceptors (Lipinski definition) is 3. The molecule has 0 saturated carbocycles. The Morgan fingerprint density at radius 2 is 2.20 bits per heavy atom. The lowest BCUT2D eigenvalue weighted by Crippen LogP contribution is -2.49. The Bertz CT molecular complexity index is 518. The third kappa shape index (κ3) is 2.63. The number of thiocarbonyl (C=S) groups is 1. The number of esters is 1. The molecule has 1 heterocycles. The van der Waals surface area contributed by atoms with E-state index in [0.29, 0.717) is 11.5 Å². The van der Waals surface area contributed by atoms with Crippen molar-refractivity contribution in [3.8, 4) is 0 Å². The number of fused-ring (bicyclic) bond motifs is 1. The molecule has 1 aromatic carbocycles. The summed E-state index contributed by atoms with van der Waals surface area (Å²) in [6.07, 6.45) is 0.704. The number of carbonyl (C=O) groups is 1. The van der Waals surface area contributed by atoms with Crippen LogP contribution < -0.4 is 10.2 Å². The van der Waals surface area contributed by atoms with Crippen molar-refractivity contribution in [3.63, 3.8) is 0 Å². The first kappa shape index (κ1) is 14.8. The Morgan fingerprint density at radius 3 is 2.85 bits per heavy atom. The summed E-state index contributed by atoms with van der Waals surface area (Å²) in [6.45, 7) is 4.88. The second kappa shape index (κ2) is 6.22. The highest BCUT2D eigenvalue weighted by molar-refractivity contribution is 7.80. The zero-order valence-corrected chi connectivity index (χ0v) is 12.9. The summed E-state index contributed by atoms with van der Waals surface area (Å²) in [6, 6.07) is 8.04. The lowest BCUT2D eigenvalue weighted by molar-refractivity contribution is -0.142. The molecule has 1 aliphatic heterocycles. The molecule has 0 saturated heterocycles. The molecule has 2 atom stereocenters. The molecule has 1 aromatic rings. The van der Waals surface area contributed by atoms with Gasteiger partial charge in [0.1, 0.15) is 0 Å². The van der Waals surface area contributed by atoms with Crippen molar-refractivity contribution < 1.29 is 9.53 Å². The number of carbonyl (C=O) groups excluding carboxylic acids is 1. The fourth-order valence-corrected chi connectivity index (χ4v) is 3.15. The van der Waals surface area contributed by atoms with E-state index in [9.17, 15) is 4.79 Å². The van der Waals surface area contributed by atoms with E-state index >= 15 is 0 Å². The van der Waals surface area contributed by atoms with E-state index < -0.39 is 0 Å². The van der Waals surface area contributed by atoms with E-state index in [-0.39, 0.29) is 17.9 Å². The van der Waals surface area contributed by atoms with Crippen LogP contribution in [0.5, 0.6) is 0 Å². The number of ether oxygens (including phenoxy) is 1. The van der Waals surface area contributed by atoms with Gasteiger partial charge >= 0.3 is 5.97 Å². The molecule has 0 aliphatic carbocycles. The van der Waals surface area contributed by atoms with Crippen LogP contribution in [0, 0.1) is 0 Å². The first-order valence-electron chi connectivity index (χ1n) is 6.84. The molecule has 0 radical (unpaired) electrons. The topological polar surface area (TPSA) is 41.6 Å². The van der Waals surface area contributed by atoms with E-state index in [2.05, 4.69) is 17.1 Å². The largest absolute Gasteiger partial charge is 0.469 e. The lowest BCUT2D eigenvalue weighted by Gasteiger charge is -2.39. The van der Waals surface area contributed by atoms with E-state index in [1.165, 1.54) is 7.11 Å². The average Bonchev–Trinajstić information content (AvgIpc) is 2.45. The SMILES string of the molecule is CCNC(=S)N1c2ccccc2C(C(=O)OC)CC1C. The maximum absolute atomic E-state index is 12.0. The third-order valence-electron chi connectivity index (χ3n) is 3.62. The average molecular weight is 292 g/mol. The maximum Gasteiger partial charge on any atom is 0.313 e. The molecule has 0 amide bonds. The van der Waals surface area contributed by atoms with Crippen LogP contribution in [-0.4, -0.2) is 30.8 Å². The van der Waals surface area contributed by atoms with Gasteiger partial charge in [-0.1, -0.05) is 18.2 Å².